The summed E-state index contributed by atoms with van der Waals surface area (Å²) in [6.07, 6.45) is 0. The van der Waals surface area contributed by atoms with Crippen LogP contribution in [0.1, 0.15) is 20.8 Å². The fourth-order valence-electron chi connectivity index (χ4n) is 2.81. The largest absolute Gasteiger partial charge is 0.342 e. The van der Waals surface area contributed by atoms with Crippen LogP contribution in [0.15, 0.2) is 0 Å². The van der Waals surface area contributed by atoms with E-state index >= 15 is 0 Å². The molecule has 82 valence electrons. The summed E-state index contributed by atoms with van der Waals surface area (Å²) in [4.78, 5) is 15.6. The molecule has 2 unspecified atom stereocenters. The first kappa shape index (κ1) is 11.5. The lowest BCUT2D eigenvalue weighted by Gasteiger charge is -2.44. The van der Waals surface area contributed by atoms with Gasteiger partial charge in [-0.3, -0.25) is 4.79 Å². The molecule has 14 heavy (non-hydrogen) atoms. The van der Waals surface area contributed by atoms with Crippen LogP contribution in [0.5, 0.6) is 0 Å². The van der Waals surface area contributed by atoms with Crippen molar-refractivity contribution in [3.8, 4) is 0 Å². The van der Waals surface area contributed by atoms with Gasteiger partial charge in [0.05, 0.1) is 0 Å². The third-order valence-corrected chi connectivity index (χ3v) is 3.31. The van der Waals surface area contributed by atoms with Crippen molar-refractivity contribution in [1.29, 1.82) is 0 Å². The minimum atomic E-state index is 0.179. The summed E-state index contributed by atoms with van der Waals surface area (Å²) in [6.45, 7) is 8.30. The fourth-order valence-corrected chi connectivity index (χ4v) is 2.81. The number of amides is 1. The summed E-state index contributed by atoms with van der Waals surface area (Å²) in [7, 11) is 4.07. The quantitative estimate of drug-likeness (QED) is 0.629. The van der Waals surface area contributed by atoms with Crippen molar-refractivity contribution in [1.82, 2.24) is 9.80 Å². The summed E-state index contributed by atoms with van der Waals surface area (Å²) in [5, 5.41) is 0. The van der Waals surface area contributed by atoms with Gasteiger partial charge in [-0.05, 0) is 18.9 Å². The summed E-state index contributed by atoms with van der Waals surface area (Å²) in [5.41, 5.74) is 0. The molecule has 0 saturated carbocycles. The number of nitrogens with zero attached hydrogens (tertiary/aromatic N) is 2. The van der Waals surface area contributed by atoms with Gasteiger partial charge in [0.1, 0.15) is 0 Å². The molecule has 1 heterocycles. The number of piperidine rings is 1. The molecule has 3 heteroatoms. The van der Waals surface area contributed by atoms with Gasteiger partial charge in [0.15, 0.2) is 0 Å². The van der Waals surface area contributed by atoms with Gasteiger partial charge in [0.2, 0.25) is 5.91 Å². The zero-order valence-electron chi connectivity index (χ0n) is 9.95. The van der Waals surface area contributed by atoms with Gasteiger partial charge in [0, 0.05) is 33.1 Å². The minimum Gasteiger partial charge on any atom is -0.342 e. The minimum absolute atomic E-state index is 0.179. The second kappa shape index (κ2) is 4.30. The smallest absolute Gasteiger partial charge is 0.219 e. The van der Waals surface area contributed by atoms with E-state index < -0.39 is 0 Å². The van der Waals surface area contributed by atoms with Crippen LogP contribution in [0.2, 0.25) is 0 Å². The van der Waals surface area contributed by atoms with Crippen LogP contribution in [0.25, 0.3) is 0 Å². The first-order valence-electron chi connectivity index (χ1n) is 5.35. The van der Waals surface area contributed by atoms with Crippen LogP contribution in [0.3, 0.4) is 0 Å². The molecule has 0 N–H and O–H groups in total. The normalized spacial score (nSPS) is 34.2. The van der Waals surface area contributed by atoms with Crippen molar-refractivity contribution >= 4 is 5.91 Å². The third-order valence-electron chi connectivity index (χ3n) is 3.31. The highest BCUT2D eigenvalue weighted by molar-refractivity contribution is 5.73. The van der Waals surface area contributed by atoms with Gasteiger partial charge in [-0.15, -0.1) is 0 Å². The molecular formula is C11H22N2O. The van der Waals surface area contributed by atoms with Crippen LogP contribution in [0, 0.1) is 11.8 Å². The second-order valence-corrected chi connectivity index (χ2v) is 4.80. The first-order valence-corrected chi connectivity index (χ1v) is 5.35. The number of hydrogen-bond donors (Lipinski definition) is 0. The van der Waals surface area contributed by atoms with Gasteiger partial charge < -0.3 is 9.80 Å². The van der Waals surface area contributed by atoms with E-state index in [0.717, 1.165) is 13.1 Å². The van der Waals surface area contributed by atoms with Gasteiger partial charge in [-0.2, -0.15) is 0 Å². The zero-order chi connectivity index (χ0) is 10.9. The monoisotopic (exact) mass is 198 g/mol. The van der Waals surface area contributed by atoms with Crippen molar-refractivity contribution in [3.05, 3.63) is 0 Å². The van der Waals surface area contributed by atoms with E-state index in [4.69, 9.17) is 0 Å². The number of rotatable bonds is 1. The number of carbonyl (C=O) groups excluding carboxylic acids is 1. The standard InChI is InChI=1S/C11H22N2O/c1-8-6-12(4)7-9(2)11(8)13(5)10(3)14/h8-9,11H,6-7H2,1-5H3. The molecule has 1 fully saturated rings. The SMILES string of the molecule is CC(=O)N(C)C1C(C)CN(C)CC1C. The third kappa shape index (κ3) is 2.27. The van der Waals surface area contributed by atoms with Crippen molar-refractivity contribution in [2.24, 2.45) is 11.8 Å². The topological polar surface area (TPSA) is 23.6 Å². The Hall–Kier alpha value is -0.570. The molecule has 3 nitrogen and oxygen atoms in total. The molecule has 0 aromatic carbocycles. The zero-order valence-corrected chi connectivity index (χ0v) is 9.95. The number of carbonyl (C=O) groups is 1. The van der Waals surface area contributed by atoms with E-state index in [-0.39, 0.29) is 5.91 Å². The molecule has 1 saturated heterocycles. The fraction of sp³-hybridized carbons (Fsp3) is 0.909. The van der Waals surface area contributed by atoms with Gasteiger partial charge in [0.25, 0.3) is 0 Å². The van der Waals surface area contributed by atoms with Gasteiger partial charge >= 0.3 is 0 Å². The molecule has 0 bridgehead atoms. The number of likely N-dealkylation sites (tertiary alicyclic amines) is 1. The van der Waals surface area contributed by atoms with Crippen LogP contribution < -0.4 is 0 Å². The molecule has 0 aromatic heterocycles. The highest BCUT2D eigenvalue weighted by atomic mass is 16.2. The Morgan fingerprint density at radius 3 is 2.07 bits per heavy atom. The maximum absolute atomic E-state index is 11.3. The number of hydrogen-bond acceptors (Lipinski definition) is 2. The van der Waals surface area contributed by atoms with E-state index in [0.29, 0.717) is 17.9 Å². The Labute approximate surface area is 87.1 Å². The molecule has 0 aliphatic carbocycles. The summed E-state index contributed by atoms with van der Waals surface area (Å²) in [5.74, 6) is 1.31. The van der Waals surface area contributed by atoms with E-state index in [1.807, 2.05) is 11.9 Å². The van der Waals surface area contributed by atoms with E-state index in [9.17, 15) is 4.79 Å². The van der Waals surface area contributed by atoms with Crippen molar-refractivity contribution in [2.45, 2.75) is 26.8 Å². The lowest BCUT2D eigenvalue weighted by molar-refractivity contribution is -0.133. The molecule has 0 spiro atoms. The maximum atomic E-state index is 11.3. The summed E-state index contributed by atoms with van der Waals surface area (Å²) in [6, 6.07) is 0.406. The molecule has 1 aliphatic heterocycles. The Bertz CT molecular complexity index is 205. The maximum Gasteiger partial charge on any atom is 0.219 e. The average molecular weight is 198 g/mol. The van der Waals surface area contributed by atoms with E-state index in [1.165, 1.54) is 0 Å². The summed E-state index contributed by atoms with van der Waals surface area (Å²) < 4.78 is 0. The Balaban J connectivity index is 2.71. The summed E-state index contributed by atoms with van der Waals surface area (Å²) >= 11 is 0. The van der Waals surface area contributed by atoms with Gasteiger partial charge in [-0.25, -0.2) is 0 Å². The second-order valence-electron chi connectivity index (χ2n) is 4.80. The van der Waals surface area contributed by atoms with Gasteiger partial charge in [-0.1, -0.05) is 13.8 Å². The van der Waals surface area contributed by atoms with E-state index in [2.05, 4.69) is 25.8 Å². The lowest BCUT2D eigenvalue weighted by atomic mass is 9.85. The molecule has 1 rings (SSSR count). The van der Waals surface area contributed by atoms with Crippen molar-refractivity contribution in [2.75, 3.05) is 27.2 Å². The Kier molecular flexibility index (Phi) is 3.53. The molecule has 1 aliphatic rings. The molecule has 2 atom stereocenters. The molecule has 0 radical (unpaired) electrons. The Morgan fingerprint density at radius 1 is 1.29 bits per heavy atom. The average Bonchev–Trinajstić information content (AvgIpc) is 2.01. The van der Waals surface area contributed by atoms with Crippen LogP contribution in [-0.4, -0.2) is 48.9 Å². The predicted molar refractivity (Wildman–Crippen MR) is 58.1 cm³/mol. The molecule has 0 aromatic rings. The molecular weight excluding hydrogens is 176 g/mol. The highest BCUT2D eigenvalue weighted by Gasteiger charge is 2.33. The lowest BCUT2D eigenvalue weighted by Crippen LogP contribution is -2.53. The first-order chi connectivity index (χ1) is 6.43. The van der Waals surface area contributed by atoms with Crippen molar-refractivity contribution < 1.29 is 4.79 Å². The van der Waals surface area contributed by atoms with Crippen LogP contribution in [-0.2, 0) is 4.79 Å². The van der Waals surface area contributed by atoms with Crippen LogP contribution >= 0.6 is 0 Å². The molecule has 1 amide bonds. The Morgan fingerprint density at radius 2 is 1.71 bits per heavy atom. The predicted octanol–water partition coefficient (Wildman–Crippen LogP) is 1.05. The highest BCUT2D eigenvalue weighted by Crippen LogP contribution is 2.25. The van der Waals surface area contributed by atoms with Crippen LogP contribution in [0.4, 0.5) is 0 Å². The van der Waals surface area contributed by atoms with Crippen molar-refractivity contribution in [3.63, 3.8) is 0 Å². The van der Waals surface area contributed by atoms with E-state index in [1.54, 1.807) is 6.92 Å².